The van der Waals surface area contributed by atoms with Crippen LogP contribution in [0.3, 0.4) is 0 Å². The van der Waals surface area contributed by atoms with Crippen molar-refractivity contribution < 1.29 is 33.3 Å². The first kappa shape index (κ1) is 24.2. The zero-order valence-corrected chi connectivity index (χ0v) is 18.2. The van der Waals surface area contributed by atoms with Gasteiger partial charge in [0.1, 0.15) is 18.1 Å². The second-order valence-electron chi connectivity index (χ2n) is 6.73. The number of esters is 1. The van der Waals surface area contributed by atoms with Crippen molar-refractivity contribution in [3.63, 3.8) is 0 Å². The quantitative estimate of drug-likeness (QED) is 0.313. The third-order valence-electron chi connectivity index (χ3n) is 4.25. The number of hydrogen-bond acceptors (Lipinski definition) is 7. The van der Waals surface area contributed by atoms with Crippen LogP contribution >= 0.6 is 0 Å². The van der Waals surface area contributed by atoms with Crippen LogP contribution < -0.4 is 14.8 Å². The average Bonchev–Trinajstić information content (AvgIpc) is 2.76. The van der Waals surface area contributed by atoms with Crippen LogP contribution in [0, 0.1) is 6.92 Å². The van der Waals surface area contributed by atoms with Crippen molar-refractivity contribution in [1.29, 1.82) is 0 Å². The smallest absolute Gasteiger partial charge is 0.412 e. The highest BCUT2D eigenvalue weighted by Crippen LogP contribution is 2.36. The summed E-state index contributed by atoms with van der Waals surface area (Å²) < 4.78 is 26.5. The molecule has 0 saturated heterocycles. The molecule has 0 bridgehead atoms. The maximum atomic E-state index is 12.2. The zero-order valence-electron chi connectivity index (χ0n) is 18.2. The lowest BCUT2D eigenvalue weighted by Crippen LogP contribution is -2.30. The first-order valence-electron chi connectivity index (χ1n) is 9.94. The molecule has 0 aliphatic carbocycles. The SMILES string of the molecule is C=C(C)C(=O)OCCOCCOCCNC(=O)Oc1c(C)cc(OC)c2ccccc12. The van der Waals surface area contributed by atoms with E-state index in [1.807, 2.05) is 37.3 Å². The molecule has 0 saturated carbocycles. The molecule has 0 heterocycles. The van der Waals surface area contributed by atoms with E-state index in [4.69, 9.17) is 23.7 Å². The number of methoxy groups -OCH3 is 1. The monoisotopic (exact) mass is 431 g/mol. The highest BCUT2D eigenvalue weighted by molar-refractivity contribution is 5.95. The minimum Gasteiger partial charge on any atom is -0.496 e. The van der Waals surface area contributed by atoms with E-state index in [2.05, 4.69) is 11.9 Å². The summed E-state index contributed by atoms with van der Waals surface area (Å²) in [6.45, 7) is 8.70. The lowest BCUT2D eigenvalue weighted by molar-refractivity contribution is -0.140. The maximum absolute atomic E-state index is 12.2. The number of carbonyl (C=O) groups is 2. The summed E-state index contributed by atoms with van der Waals surface area (Å²) in [5, 5.41) is 4.34. The van der Waals surface area contributed by atoms with E-state index in [1.54, 1.807) is 14.0 Å². The Labute approximate surface area is 182 Å². The number of hydrogen-bond donors (Lipinski definition) is 1. The second-order valence-corrected chi connectivity index (χ2v) is 6.73. The van der Waals surface area contributed by atoms with Gasteiger partial charge in [-0.05, 0) is 25.5 Å². The molecule has 0 atom stereocenters. The summed E-state index contributed by atoms with van der Waals surface area (Å²) in [6, 6.07) is 9.43. The molecule has 0 spiro atoms. The molecular formula is C23H29NO7. The lowest BCUT2D eigenvalue weighted by atomic mass is 10.0. The highest BCUT2D eigenvalue weighted by Gasteiger charge is 2.14. The van der Waals surface area contributed by atoms with Crippen molar-refractivity contribution in [2.75, 3.05) is 46.7 Å². The van der Waals surface area contributed by atoms with Crippen LogP contribution in [0.2, 0.25) is 0 Å². The summed E-state index contributed by atoms with van der Waals surface area (Å²) in [5.41, 5.74) is 1.15. The predicted octanol–water partition coefficient (Wildman–Crippen LogP) is 3.40. The summed E-state index contributed by atoms with van der Waals surface area (Å²) in [4.78, 5) is 23.4. The van der Waals surface area contributed by atoms with E-state index >= 15 is 0 Å². The van der Waals surface area contributed by atoms with E-state index in [-0.39, 0.29) is 13.2 Å². The van der Waals surface area contributed by atoms with Gasteiger partial charge in [-0.2, -0.15) is 0 Å². The van der Waals surface area contributed by atoms with Crippen LogP contribution in [-0.2, 0) is 19.0 Å². The van der Waals surface area contributed by atoms with Gasteiger partial charge in [0.15, 0.2) is 0 Å². The molecule has 0 radical (unpaired) electrons. The van der Waals surface area contributed by atoms with Crippen LogP contribution in [0.25, 0.3) is 10.8 Å². The molecule has 1 N–H and O–H groups in total. The predicted molar refractivity (Wildman–Crippen MR) is 117 cm³/mol. The molecule has 1 amide bonds. The maximum Gasteiger partial charge on any atom is 0.412 e. The molecule has 8 nitrogen and oxygen atoms in total. The Hall–Kier alpha value is -3.10. The number of ether oxygens (including phenoxy) is 5. The first-order chi connectivity index (χ1) is 14.9. The Kier molecular flexibility index (Phi) is 9.80. The number of fused-ring (bicyclic) bond motifs is 1. The molecule has 0 aliphatic heterocycles. The Bertz CT molecular complexity index is 910. The molecular weight excluding hydrogens is 402 g/mol. The molecule has 8 heteroatoms. The van der Waals surface area contributed by atoms with Crippen molar-refractivity contribution in [2.24, 2.45) is 0 Å². The van der Waals surface area contributed by atoms with Crippen LogP contribution in [0.1, 0.15) is 12.5 Å². The molecule has 0 aliphatic rings. The average molecular weight is 431 g/mol. The third-order valence-corrected chi connectivity index (χ3v) is 4.25. The van der Waals surface area contributed by atoms with Gasteiger partial charge in [-0.25, -0.2) is 9.59 Å². The fraction of sp³-hybridized carbons (Fsp3) is 0.391. The first-order valence-corrected chi connectivity index (χ1v) is 9.94. The third kappa shape index (κ3) is 7.58. The molecule has 0 fully saturated rings. The van der Waals surface area contributed by atoms with Crippen LogP contribution in [0.4, 0.5) is 4.79 Å². The van der Waals surface area contributed by atoms with Crippen molar-refractivity contribution in [1.82, 2.24) is 5.32 Å². The number of rotatable bonds is 12. The van der Waals surface area contributed by atoms with Crippen LogP contribution in [-0.4, -0.2) is 58.8 Å². The van der Waals surface area contributed by atoms with Gasteiger partial charge in [-0.3, -0.25) is 0 Å². The number of carbonyl (C=O) groups excluding carboxylic acids is 2. The Morgan fingerprint density at radius 1 is 1.00 bits per heavy atom. The molecule has 2 rings (SSSR count). The van der Waals surface area contributed by atoms with Crippen molar-refractivity contribution in [3.8, 4) is 11.5 Å². The van der Waals surface area contributed by atoms with Gasteiger partial charge in [-0.1, -0.05) is 30.8 Å². The number of benzene rings is 2. The summed E-state index contributed by atoms with van der Waals surface area (Å²) in [6.07, 6.45) is -0.558. The lowest BCUT2D eigenvalue weighted by Gasteiger charge is -2.14. The van der Waals surface area contributed by atoms with Crippen LogP contribution in [0.15, 0.2) is 42.5 Å². The molecule has 2 aromatic carbocycles. The van der Waals surface area contributed by atoms with Gasteiger partial charge in [0, 0.05) is 22.9 Å². The van der Waals surface area contributed by atoms with E-state index in [9.17, 15) is 9.59 Å². The van der Waals surface area contributed by atoms with Gasteiger partial charge < -0.3 is 29.0 Å². The Balaban J connectivity index is 1.66. The fourth-order valence-corrected chi connectivity index (χ4v) is 2.75. The molecule has 2 aromatic rings. The number of aryl methyl sites for hydroxylation is 1. The second kappa shape index (κ2) is 12.6. The van der Waals surface area contributed by atoms with E-state index in [0.717, 1.165) is 22.1 Å². The largest absolute Gasteiger partial charge is 0.496 e. The van der Waals surface area contributed by atoms with Crippen molar-refractivity contribution in [3.05, 3.63) is 48.0 Å². The minimum atomic E-state index is -0.558. The van der Waals surface area contributed by atoms with Gasteiger partial charge in [-0.15, -0.1) is 0 Å². The Morgan fingerprint density at radius 2 is 1.65 bits per heavy atom. The zero-order chi connectivity index (χ0) is 22.6. The Morgan fingerprint density at radius 3 is 2.32 bits per heavy atom. The van der Waals surface area contributed by atoms with Crippen molar-refractivity contribution in [2.45, 2.75) is 13.8 Å². The fourth-order valence-electron chi connectivity index (χ4n) is 2.75. The van der Waals surface area contributed by atoms with Gasteiger partial charge in [0.2, 0.25) is 0 Å². The van der Waals surface area contributed by atoms with Gasteiger partial charge >= 0.3 is 12.1 Å². The highest BCUT2D eigenvalue weighted by atomic mass is 16.6. The molecule has 0 aromatic heterocycles. The van der Waals surface area contributed by atoms with Gasteiger partial charge in [0.25, 0.3) is 0 Å². The molecule has 0 unspecified atom stereocenters. The van der Waals surface area contributed by atoms with Crippen LogP contribution in [0.5, 0.6) is 11.5 Å². The standard InChI is InChI=1S/C23H29NO7/c1-16(2)22(25)30-14-13-29-12-11-28-10-9-24-23(26)31-21-17(3)15-20(27-4)18-7-5-6-8-19(18)21/h5-8,15H,1,9-14H2,2-4H3,(H,24,26). The summed E-state index contributed by atoms with van der Waals surface area (Å²) in [5.74, 6) is 0.789. The minimum absolute atomic E-state index is 0.165. The van der Waals surface area contributed by atoms with E-state index < -0.39 is 12.1 Å². The number of nitrogens with one attached hydrogen (secondary N) is 1. The number of amides is 1. The summed E-state index contributed by atoms with van der Waals surface area (Å²) in [7, 11) is 1.61. The topological polar surface area (TPSA) is 92.3 Å². The van der Waals surface area contributed by atoms with E-state index in [0.29, 0.717) is 37.7 Å². The molecule has 168 valence electrons. The van der Waals surface area contributed by atoms with E-state index in [1.165, 1.54) is 0 Å². The summed E-state index contributed by atoms with van der Waals surface area (Å²) >= 11 is 0. The van der Waals surface area contributed by atoms with Gasteiger partial charge in [0.05, 0.1) is 33.5 Å². The molecule has 31 heavy (non-hydrogen) atoms. The normalized spacial score (nSPS) is 10.5. The van der Waals surface area contributed by atoms with Crippen molar-refractivity contribution >= 4 is 22.8 Å².